The lowest BCUT2D eigenvalue weighted by Crippen LogP contribution is -2.23. The van der Waals surface area contributed by atoms with Crippen LogP contribution >= 0.6 is 0 Å². The Morgan fingerprint density at radius 1 is 0.828 bits per heavy atom. The zero-order chi connectivity index (χ0) is 19.9. The van der Waals surface area contributed by atoms with E-state index in [0.717, 1.165) is 23.1 Å². The molecule has 0 bridgehead atoms. The van der Waals surface area contributed by atoms with Crippen LogP contribution < -0.4 is 5.32 Å². The van der Waals surface area contributed by atoms with Crippen molar-refractivity contribution < 1.29 is 4.79 Å². The van der Waals surface area contributed by atoms with Gasteiger partial charge < -0.3 is 5.32 Å². The Morgan fingerprint density at radius 2 is 1.52 bits per heavy atom. The first-order valence-electron chi connectivity index (χ1n) is 9.64. The van der Waals surface area contributed by atoms with E-state index in [4.69, 9.17) is 0 Å². The molecule has 0 aliphatic carbocycles. The molecule has 0 spiro atoms. The smallest absolute Gasteiger partial charge is 0.273 e. The first-order valence-corrected chi connectivity index (χ1v) is 9.64. The molecule has 3 aromatic carbocycles. The fourth-order valence-corrected chi connectivity index (χ4v) is 3.16. The molecular weight excluding hydrogens is 360 g/mol. The van der Waals surface area contributed by atoms with Crippen LogP contribution in [0, 0.1) is 0 Å². The monoisotopic (exact) mass is 382 g/mol. The molecule has 0 unspecified atom stereocenters. The number of hydrogen-bond acceptors (Lipinski definition) is 3. The van der Waals surface area contributed by atoms with Gasteiger partial charge in [-0.3, -0.25) is 9.48 Å². The van der Waals surface area contributed by atoms with Crippen molar-refractivity contribution in [3.05, 3.63) is 108 Å². The molecule has 5 nitrogen and oxygen atoms in total. The molecule has 1 aromatic heterocycles. The largest absolute Gasteiger partial charge is 0.347 e. The molecule has 144 valence electrons. The van der Waals surface area contributed by atoms with E-state index in [1.165, 1.54) is 5.56 Å². The molecule has 0 atom stereocenters. The van der Waals surface area contributed by atoms with Gasteiger partial charge in [-0.15, -0.1) is 5.10 Å². The van der Waals surface area contributed by atoms with Crippen molar-refractivity contribution in [2.24, 2.45) is 0 Å². The minimum absolute atomic E-state index is 0.221. The van der Waals surface area contributed by atoms with Gasteiger partial charge in [0, 0.05) is 13.1 Å². The van der Waals surface area contributed by atoms with E-state index in [2.05, 4.69) is 52.0 Å². The summed E-state index contributed by atoms with van der Waals surface area (Å²) in [5.41, 5.74) is 4.88. The summed E-state index contributed by atoms with van der Waals surface area (Å²) in [4.78, 5) is 12.4. The number of aryl methyl sites for hydroxylation is 2. The molecule has 1 heterocycles. The highest BCUT2D eigenvalue weighted by atomic mass is 16.2. The molecule has 0 saturated heterocycles. The quantitative estimate of drug-likeness (QED) is 0.523. The van der Waals surface area contributed by atoms with Crippen LogP contribution in [0.25, 0.3) is 11.1 Å². The standard InChI is InChI=1S/C24H22N4O/c29-24(23-18-28(27-26-23)15-14-19-8-3-1-4-9-19)25-17-20-10-7-13-22(16-20)21-11-5-2-6-12-21/h1-13,16,18H,14-15,17H2,(H,25,29). The van der Waals surface area contributed by atoms with Crippen LogP contribution in [-0.2, 0) is 19.5 Å². The van der Waals surface area contributed by atoms with Crippen LogP contribution in [0.5, 0.6) is 0 Å². The van der Waals surface area contributed by atoms with Gasteiger partial charge in [0.1, 0.15) is 0 Å². The second kappa shape index (κ2) is 8.97. The van der Waals surface area contributed by atoms with E-state index in [9.17, 15) is 4.79 Å². The van der Waals surface area contributed by atoms with Gasteiger partial charge >= 0.3 is 0 Å². The lowest BCUT2D eigenvalue weighted by Gasteiger charge is -2.06. The average molecular weight is 382 g/mol. The number of carbonyl (C=O) groups is 1. The van der Waals surface area contributed by atoms with Crippen LogP contribution in [0.3, 0.4) is 0 Å². The van der Waals surface area contributed by atoms with Crippen molar-refractivity contribution >= 4 is 5.91 Å². The lowest BCUT2D eigenvalue weighted by molar-refractivity contribution is 0.0946. The molecule has 0 saturated carbocycles. The first kappa shape index (κ1) is 18.6. The summed E-state index contributed by atoms with van der Waals surface area (Å²) in [6.07, 6.45) is 2.54. The van der Waals surface area contributed by atoms with Crippen LogP contribution in [0.4, 0.5) is 0 Å². The zero-order valence-corrected chi connectivity index (χ0v) is 16.0. The topological polar surface area (TPSA) is 59.8 Å². The summed E-state index contributed by atoms with van der Waals surface area (Å²) < 4.78 is 1.71. The number of hydrogen-bond donors (Lipinski definition) is 1. The van der Waals surface area contributed by atoms with Crippen LogP contribution in [0.15, 0.2) is 91.1 Å². The highest BCUT2D eigenvalue weighted by Crippen LogP contribution is 2.19. The molecule has 4 rings (SSSR count). The molecule has 4 aromatic rings. The van der Waals surface area contributed by atoms with E-state index in [-0.39, 0.29) is 5.91 Å². The average Bonchev–Trinajstić information content (AvgIpc) is 3.27. The summed E-state index contributed by atoms with van der Waals surface area (Å²) in [5.74, 6) is -0.221. The van der Waals surface area contributed by atoms with Crippen molar-refractivity contribution in [2.45, 2.75) is 19.5 Å². The van der Waals surface area contributed by atoms with Gasteiger partial charge in [0.2, 0.25) is 0 Å². The second-order valence-corrected chi connectivity index (χ2v) is 6.85. The Balaban J connectivity index is 1.34. The van der Waals surface area contributed by atoms with E-state index >= 15 is 0 Å². The van der Waals surface area contributed by atoms with Crippen LogP contribution in [0.2, 0.25) is 0 Å². The third kappa shape index (κ3) is 4.96. The Morgan fingerprint density at radius 3 is 2.31 bits per heavy atom. The molecule has 1 amide bonds. The van der Waals surface area contributed by atoms with Gasteiger partial charge in [0.25, 0.3) is 5.91 Å². The second-order valence-electron chi connectivity index (χ2n) is 6.85. The van der Waals surface area contributed by atoms with Crippen molar-refractivity contribution in [3.8, 4) is 11.1 Å². The Kier molecular flexibility index (Phi) is 5.76. The number of benzene rings is 3. The van der Waals surface area contributed by atoms with Crippen molar-refractivity contribution in [2.75, 3.05) is 0 Å². The van der Waals surface area contributed by atoms with Gasteiger partial charge in [-0.25, -0.2) is 0 Å². The summed E-state index contributed by atoms with van der Waals surface area (Å²) in [7, 11) is 0. The molecule has 29 heavy (non-hydrogen) atoms. The normalized spacial score (nSPS) is 10.6. The third-order valence-corrected chi connectivity index (χ3v) is 4.73. The fraction of sp³-hybridized carbons (Fsp3) is 0.125. The lowest BCUT2D eigenvalue weighted by atomic mass is 10.0. The minimum Gasteiger partial charge on any atom is -0.347 e. The van der Waals surface area contributed by atoms with Crippen molar-refractivity contribution in [3.63, 3.8) is 0 Å². The molecule has 0 aliphatic heterocycles. The van der Waals surface area contributed by atoms with Gasteiger partial charge in [0.15, 0.2) is 5.69 Å². The first-order chi connectivity index (χ1) is 14.3. The van der Waals surface area contributed by atoms with Crippen LogP contribution in [0.1, 0.15) is 21.6 Å². The molecular formula is C24H22N4O. The Bertz CT molecular complexity index is 1070. The minimum atomic E-state index is -0.221. The SMILES string of the molecule is O=C(NCc1cccc(-c2ccccc2)c1)c1cn(CCc2ccccc2)nn1. The van der Waals surface area contributed by atoms with E-state index in [0.29, 0.717) is 18.8 Å². The Labute approximate surface area is 170 Å². The molecule has 0 radical (unpaired) electrons. The highest BCUT2D eigenvalue weighted by Gasteiger charge is 2.11. The number of carbonyl (C=O) groups excluding carboxylic acids is 1. The highest BCUT2D eigenvalue weighted by molar-refractivity contribution is 5.91. The van der Waals surface area contributed by atoms with Gasteiger partial charge in [-0.05, 0) is 34.7 Å². The predicted molar refractivity (Wildman–Crippen MR) is 113 cm³/mol. The van der Waals surface area contributed by atoms with E-state index < -0.39 is 0 Å². The summed E-state index contributed by atoms with van der Waals surface area (Å²) >= 11 is 0. The maximum Gasteiger partial charge on any atom is 0.273 e. The third-order valence-electron chi connectivity index (χ3n) is 4.73. The fourth-order valence-electron chi connectivity index (χ4n) is 3.16. The Hall–Kier alpha value is -3.73. The maximum absolute atomic E-state index is 12.4. The number of nitrogens with one attached hydrogen (secondary N) is 1. The maximum atomic E-state index is 12.4. The predicted octanol–water partition coefficient (Wildman–Crippen LogP) is 4.12. The van der Waals surface area contributed by atoms with Crippen molar-refractivity contribution in [1.82, 2.24) is 20.3 Å². The van der Waals surface area contributed by atoms with Crippen LogP contribution in [-0.4, -0.2) is 20.9 Å². The van der Waals surface area contributed by atoms with E-state index in [1.807, 2.05) is 48.5 Å². The number of nitrogens with zero attached hydrogens (tertiary/aromatic N) is 3. The number of amides is 1. The van der Waals surface area contributed by atoms with Gasteiger partial charge in [0.05, 0.1) is 6.20 Å². The molecule has 0 fully saturated rings. The summed E-state index contributed by atoms with van der Waals surface area (Å²) in [6, 6.07) is 28.5. The molecule has 5 heteroatoms. The summed E-state index contributed by atoms with van der Waals surface area (Å²) in [6.45, 7) is 1.12. The summed E-state index contributed by atoms with van der Waals surface area (Å²) in [5, 5.41) is 11.0. The van der Waals surface area contributed by atoms with Gasteiger partial charge in [-0.2, -0.15) is 0 Å². The molecule has 0 aliphatic rings. The molecule has 1 N–H and O–H groups in total. The van der Waals surface area contributed by atoms with E-state index in [1.54, 1.807) is 10.9 Å². The number of aromatic nitrogens is 3. The van der Waals surface area contributed by atoms with Crippen molar-refractivity contribution in [1.29, 1.82) is 0 Å². The zero-order valence-electron chi connectivity index (χ0n) is 16.0. The van der Waals surface area contributed by atoms with Gasteiger partial charge in [-0.1, -0.05) is 84.1 Å². The number of rotatable bonds is 7.